The molecule has 0 heterocycles. The van der Waals surface area contributed by atoms with E-state index >= 15 is 0 Å². The van der Waals surface area contributed by atoms with Crippen LogP contribution in [0.5, 0.6) is 5.75 Å². The second-order valence-electron chi connectivity index (χ2n) is 6.63. The van der Waals surface area contributed by atoms with Crippen molar-refractivity contribution in [2.75, 3.05) is 34.3 Å². The summed E-state index contributed by atoms with van der Waals surface area (Å²) >= 11 is 0. The van der Waals surface area contributed by atoms with E-state index in [-0.39, 0.29) is 6.03 Å². The number of urea groups is 1. The van der Waals surface area contributed by atoms with E-state index in [2.05, 4.69) is 16.3 Å². The van der Waals surface area contributed by atoms with Gasteiger partial charge in [0.1, 0.15) is 12.4 Å². The Bertz CT molecular complexity index is 799. The summed E-state index contributed by atoms with van der Waals surface area (Å²) in [6.07, 6.45) is 0. The Balaban J connectivity index is 1.84. The third kappa shape index (κ3) is 7.00. The fourth-order valence-electron chi connectivity index (χ4n) is 2.49. The van der Waals surface area contributed by atoms with Crippen molar-refractivity contribution < 1.29 is 9.53 Å². The van der Waals surface area contributed by atoms with Gasteiger partial charge >= 0.3 is 6.03 Å². The first-order chi connectivity index (χ1) is 13.0. The Morgan fingerprint density at radius 1 is 1.11 bits per heavy atom. The highest BCUT2D eigenvalue weighted by Crippen LogP contribution is 2.13. The monoisotopic (exact) mass is 366 g/mol. The van der Waals surface area contributed by atoms with E-state index in [9.17, 15) is 4.79 Å². The molecule has 0 aliphatic heterocycles. The fourth-order valence-corrected chi connectivity index (χ4v) is 2.49. The van der Waals surface area contributed by atoms with Crippen LogP contribution in [0.25, 0.3) is 0 Å². The predicted octanol–water partition coefficient (Wildman–Crippen LogP) is 2.84. The zero-order valence-corrected chi connectivity index (χ0v) is 16.1. The lowest BCUT2D eigenvalue weighted by Crippen LogP contribution is -2.36. The minimum absolute atomic E-state index is 0.170. The Labute approximate surface area is 161 Å². The average Bonchev–Trinajstić information content (AvgIpc) is 2.66. The van der Waals surface area contributed by atoms with Gasteiger partial charge in [-0.1, -0.05) is 24.3 Å². The highest BCUT2D eigenvalue weighted by Gasteiger charge is 2.09. The van der Waals surface area contributed by atoms with Gasteiger partial charge in [0.2, 0.25) is 0 Å². The molecule has 0 atom stereocenters. The lowest BCUT2D eigenvalue weighted by atomic mass is 10.1. The molecule has 142 valence electrons. The van der Waals surface area contributed by atoms with E-state index in [0.717, 1.165) is 23.4 Å². The third-order valence-corrected chi connectivity index (χ3v) is 3.97. The number of nitrogens with one attached hydrogen (secondary N) is 1. The van der Waals surface area contributed by atoms with Crippen LogP contribution in [0.15, 0.2) is 48.5 Å². The van der Waals surface area contributed by atoms with Gasteiger partial charge in [0.15, 0.2) is 0 Å². The number of benzene rings is 2. The molecule has 0 aromatic heterocycles. The molecule has 0 fully saturated rings. The summed E-state index contributed by atoms with van der Waals surface area (Å²) in [7, 11) is 5.74. The Hall–Kier alpha value is -3.04. The molecule has 1 N–H and O–H groups in total. The standard InChI is InChI=1S/C21H26N4O2/c1-24(2)10-11-27-20-9-5-7-18(13-20)15-23-21(26)25(3)16-19-8-4-6-17(12-19)14-22/h4-9,12-13H,10-11,15-16H2,1-3H3,(H,23,26). The molecule has 0 unspecified atom stereocenters. The van der Waals surface area contributed by atoms with Crippen LogP contribution in [-0.2, 0) is 13.1 Å². The quantitative estimate of drug-likeness (QED) is 0.780. The first-order valence-corrected chi connectivity index (χ1v) is 8.82. The first kappa shape index (κ1) is 20.3. The number of carbonyl (C=O) groups is 1. The molecule has 0 spiro atoms. The fraction of sp³-hybridized carbons (Fsp3) is 0.333. The molecule has 0 aliphatic rings. The number of hydrogen-bond acceptors (Lipinski definition) is 4. The number of amides is 2. The second kappa shape index (κ2) is 10.2. The van der Waals surface area contributed by atoms with Gasteiger partial charge in [0.05, 0.1) is 11.6 Å². The Morgan fingerprint density at radius 2 is 1.85 bits per heavy atom. The van der Waals surface area contributed by atoms with Crippen molar-refractivity contribution in [3.63, 3.8) is 0 Å². The molecule has 0 radical (unpaired) electrons. The van der Waals surface area contributed by atoms with Gasteiger partial charge in [-0.15, -0.1) is 0 Å². The normalized spacial score (nSPS) is 10.3. The van der Waals surface area contributed by atoms with Crippen molar-refractivity contribution in [1.29, 1.82) is 5.26 Å². The van der Waals surface area contributed by atoms with E-state index in [1.165, 1.54) is 0 Å². The van der Waals surface area contributed by atoms with Gasteiger partial charge < -0.3 is 19.9 Å². The second-order valence-corrected chi connectivity index (χ2v) is 6.63. The van der Waals surface area contributed by atoms with Crippen molar-refractivity contribution in [2.45, 2.75) is 13.1 Å². The number of likely N-dealkylation sites (N-methyl/N-ethyl adjacent to an activating group) is 1. The van der Waals surface area contributed by atoms with E-state index in [4.69, 9.17) is 10.00 Å². The summed E-state index contributed by atoms with van der Waals surface area (Å²) in [5.74, 6) is 0.797. The molecular formula is C21H26N4O2. The van der Waals surface area contributed by atoms with E-state index in [1.807, 2.05) is 50.5 Å². The molecule has 2 rings (SSSR count). The van der Waals surface area contributed by atoms with Crippen molar-refractivity contribution >= 4 is 6.03 Å². The number of rotatable bonds is 8. The first-order valence-electron chi connectivity index (χ1n) is 8.82. The maximum absolute atomic E-state index is 12.3. The molecule has 0 bridgehead atoms. The van der Waals surface area contributed by atoms with Crippen molar-refractivity contribution in [3.8, 4) is 11.8 Å². The Morgan fingerprint density at radius 3 is 2.59 bits per heavy atom. The summed E-state index contributed by atoms with van der Waals surface area (Å²) in [4.78, 5) is 16.0. The average molecular weight is 366 g/mol. The molecule has 0 saturated carbocycles. The van der Waals surface area contributed by atoms with Crippen LogP contribution in [0.2, 0.25) is 0 Å². The van der Waals surface area contributed by atoms with Crippen molar-refractivity contribution in [3.05, 3.63) is 65.2 Å². The van der Waals surface area contributed by atoms with Gasteiger partial charge in [-0.05, 0) is 49.5 Å². The lowest BCUT2D eigenvalue weighted by molar-refractivity contribution is 0.206. The van der Waals surface area contributed by atoms with Gasteiger partial charge in [0.25, 0.3) is 0 Å². The largest absolute Gasteiger partial charge is 0.492 e. The smallest absolute Gasteiger partial charge is 0.317 e. The highest BCUT2D eigenvalue weighted by molar-refractivity contribution is 5.73. The van der Waals surface area contributed by atoms with Crippen LogP contribution in [0.3, 0.4) is 0 Å². The summed E-state index contributed by atoms with van der Waals surface area (Å²) in [6, 6.07) is 16.9. The van der Waals surface area contributed by atoms with Crippen LogP contribution in [0, 0.1) is 11.3 Å². The minimum Gasteiger partial charge on any atom is -0.492 e. The number of nitriles is 1. The molecule has 2 amide bonds. The van der Waals surface area contributed by atoms with Gasteiger partial charge in [-0.3, -0.25) is 0 Å². The van der Waals surface area contributed by atoms with Gasteiger partial charge in [0, 0.05) is 26.7 Å². The van der Waals surface area contributed by atoms with Crippen LogP contribution in [0.1, 0.15) is 16.7 Å². The maximum Gasteiger partial charge on any atom is 0.317 e. The van der Waals surface area contributed by atoms with Gasteiger partial charge in [-0.25, -0.2) is 4.79 Å². The van der Waals surface area contributed by atoms with Crippen LogP contribution >= 0.6 is 0 Å². The molecular weight excluding hydrogens is 340 g/mol. The molecule has 27 heavy (non-hydrogen) atoms. The summed E-state index contributed by atoms with van der Waals surface area (Å²) in [5.41, 5.74) is 2.49. The number of carbonyl (C=O) groups excluding carboxylic acids is 1. The van der Waals surface area contributed by atoms with Gasteiger partial charge in [-0.2, -0.15) is 5.26 Å². The summed E-state index contributed by atoms with van der Waals surface area (Å²) < 4.78 is 5.72. The van der Waals surface area contributed by atoms with Crippen LogP contribution in [0.4, 0.5) is 4.79 Å². The maximum atomic E-state index is 12.3. The van der Waals surface area contributed by atoms with E-state index < -0.39 is 0 Å². The number of ether oxygens (including phenoxy) is 1. The minimum atomic E-state index is -0.170. The molecule has 2 aromatic rings. The Kier molecular flexibility index (Phi) is 7.65. The third-order valence-electron chi connectivity index (χ3n) is 3.97. The van der Waals surface area contributed by atoms with E-state index in [1.54, 1.807) is 24.1 Å². The van der Waals surface area contributed by atoms with E-state index in [0.29, 0.717) is 25.3 Å². The number of nitrogens with zero attached hydrogens (tertiary/aromatic N) is 3. The highest BCUT2D eigenvalue weighted by atomic mass is 16.5. The zero-order chi connectivity index (χ0) is 19.6. The zero-order valence-electron chi connectivity index (χ0n) is 16.1. The van der Waals surface area contributed by atoms with Crippen LogP contribution < -0.4 is 10.1 Å². The lowest BCUT2D eigenvalue weighted by Gasteiger charge is -2.18. The number of hydrogen-bond donors (Lipinski definition) is 1. The van der Waals surface area contributed by atoms with Crippen molar-refractivity contribution in [2.24, 2.45) is 0 Å². The molecule has 6 nitrogen and oxygen atoms in total. The summed E-state index contributed by atoms with van der Waals surface area (Å²) in [6.45, 7) is 2.33. The topological polar surface area (TPSA) is 68.6 Å². The molecule has 6 heteroatoms. The molecule has 0 aliphatic carbocycles. The molecule has 0 saturated heterocycles. The van der Waals surface area contributed by atoms with Crippen LogP contribution in [-0.4, -0.2) is 50.1 Å². The molecule has 2 aromatic carbocycles. The predicted molar refractivity (Wildman–Crippen MR) is 105 cm³/mol. The SMILES string of the molecule is CN(C)CCOc1cccc(CNC(=O)N(C)Cc2cccc(C#N)c2)c1. The summed E-state index contributed by atoms with van der Waals surface area (Å²) in [5, 5.41) is 11.9. The van der Waals surface area contributed by atoms with Crippen molar-refractivity contribution in [1.82, 2.24) is 15.1 Å².